The van der Waals surface area contributed by atoms with E-state index in [1.54, 1.807) is 0 Å². The van der Waals surface area contributed by atoms with E-state index in [1.165, 1.54) is 11.1 Å². The van der Waals surface area contributed by atoms with Gasteiger partial charge in [0.1, 0.15) is 0 Å². The second kappa shape index (κ2) is 3.59. The number of hydrogen-bond donors (Lipinski definition) is 1. The van der Waals surface area contributed by atoms with Crippen LogP contribution >= 0.6 is 0 Å². The lowest BCUT2D eigenvalue weighted by Gasteiger charge is -2.38. The van der Waals surface area contributed by atoms with Crippen LogP contribution in [0.1, 0.15) is 30.0 Å². The van der Waals surface area contributed by atoms with E-state index in [9.17, 15) is 4.79 Å². The zero-order valence-corrected chi connectivity index (χ0v) is 9.44. The van der Waals surface area contributed by atoms with E-state index in [0.717, 1.165) is 13.0 Å². The SMILES string of the molecule is CN[C@@H]1c2ccccc2CN2C(=O)CC[C@@H]12. The van der Waals surface area contributed by atoms with Crippen LogP contribution in [0.15, 0.2) is 24.3 Å². The molecule has 16 heavy (non-hydrogen) atoms. The topological polar surface area (TPSA) is 32.3 Å². The number of rotatable bonds is 1. The summed E-state index contributed by atoms with van der Waals surface area (Å²) >= 11 is 0. The fraction of sp³-hybridized carbons (Fsp3) is 0.462. The molecule has 2 atom stereocenters. The molecule has 2 aliphatic rings. The minimum atomic E-state index is 0.302. The fourth-order valence-electron chi connectivity index (χ4n) is 3.03. The highest BCUT2D eigenvalue weighted by Gasteiger charge is 2.40. The van der Waals surface area contributed by atoms with Gasteiger partial charge in [-0.3, -0.25) is 4.79 Å². The number of nitrogens with zero attached hydrogens (tertiary/aromatic N) is 1. The predicted octanol–water partition coefficient (Wildman–Crippen LogP) is 1.45. The number of benzene rings is 1. The molecule has 0 bridgehead atoms. The lowest BCUT2D eigenvalue weighted by molar-refractivity contribution is -0.130. The largest absolute Gasteiger partial charge is 0.333 e. The first-order chi connectivity index (χ1) is 7.81. The Bertz CT molecular complexity index is 430. The third-order valence-corrected chi connectivity index (χ3v) is 3.80. The van der Waals surface area contributed by atoms with Crippen molar-refractivity contribution in [2.45, 2.75) is 31.5 Å². The van der Waals surface area contributed by atoms with Gasteiger partial charge in [0.15, 0.2) is 0 Å². The molecule has 0 unspecified atom stereocenters. The Morgan fingerprint density at radius 2 is 2.19 bits per heavy atom. The van der Waals surface area contributed by atoms with Crippen molar-refractivity contribution in [2.75, 3.05) is 7.05 Å². The summed E-state index contributed by atoms with van der Waals surface area (Å²) in [5.74, 6) is 0.305. The van der Waals surface area contributed by atoms with Gasteiger partial charge in [0.05, 0.1) is 12.1 Å². The second-order valence-electron chi connectivity index (χ2n) is 4.59. The molecule has 0 radical (unpaired) electrons. The monoisotopic (exact) mass is 216 g/mol. The summed E-state index contributed by atoms with van der Waals surface area (Å²) in [7, 11) is 1.98. The van der Waals surface area contributed by atoms with Gasteiger partial charge in [0, 0.05) is 13.0 Å². The predicted molar refractivity (Wildman–Crippen MR) is 61.8 cm³/mol. The van der Waals surface area contributed by atoms with Crippen LogP contribution in [-0.4, -0.2) is 23.9 Å². The Morgan fingerprint density at radius 3 is 3.00 bits per heavy atom. The van der Waals surface area contributed by atoms with E-state index in [2.05, 4.69) is 23.5 Å². The fourth-order valence-corrected chi connectivity index (χ4v) is 3.03. The Kier molecular flexibility index (Phi) is 2.21. The third kappa shape index (κ3) is 1.28. The van der Waals surface area contributed by atoms with E-state index >= 15 is 0 Å². The van der Waals surface area contributed by atoms with Gasteiger partial charge in [-0.1, -0.05) is 24.3 Å². The van der Waals surface area contributed by atoms with Gasteiger partial charge in [-0.25, -0.2) is 0 Å². The number of carbonyl (C=O) groups excluding carboxylic acids is 1. The van der Waals surface area contributed by atoms with E-state index in [4.69, 9.17) is 0 Å². The maximum atomic E-state index is 11.8. The lowest BCUT2D eigenvalue weighted by atomic mass is 9.89. The van der Waals surface area contributed by atoms with Crippen LogP contribution in [0.3, 0.4) is 0 Å². The Labute approximate surface area is 95.4 Å². The normalized spacial score (nSPS) is 27.8. The molecule has 2 heterocycles. The van der Waals surface area contributed by atoms with Crippen molar-refractivity contribution in [3.05, 3.63) is 35.4 Å². The van der Waals surface area contributed by atoms with Gasteiger partial charge < -0.3 is 10.2 Å². The summed E-state index contributed by atoms with van der Waals surface area (Å²) < 4.78 is 0. The van der Waals surface area contributed by atoms with E-state index in [0.29, 0.717) is 24.4 Å². The molecule has 1 amide bonds. The van der Waals surface area contributed by atoms with Crippen LogP contribution in [0.25, 0.3) is 0 Å². The van der Waals surface area contributed by atoms with Crippen LogP contribution in [0.4, 0.5) is 0 Å². The highest BCUT2D eigenvalue weighted by molar-refractivity contribution is 5.79. The summed E-state index contributed by atoms with van der Waals surface area (Å²) in [5.41, 5.74) is 2.65. The number of carbonyl (C=O) groups is 1. The molecule has 3 heteroatoms. The molecule has 0 aliphatic carbocycles. The number of nitrogens with one attached hydrogen (secondary N) is 1. The van der Waals surface area contributed by atoms with E-state index < -0.39 is 0 Å². The van der Waals surface area contributed by atoms with Crippen LogP contribution in [0.2, 0.25) is 0 Å². The highest BCUT2D eigenvalue weighted by atomic mass is 16.2. The van der Waals surface area contributed by atoms with Crippen molar-refractivity contribution < 1.29 is 4.79 Å². The molecule has 0 aromatic heterocycles. The molecule has 1 fully saturated rings. The molecular weight excluding hydrogens is 200 g/mol. The third-order valence-electron chi connectivity index (χ3n) is 3.80. The van der Waals surface area contributed by atoms with Gasteiger partial charge in [-0.15, -0.1) is 0 Å². The molecule has 1 aromatic carbocycles. The van der Waals surface area contributed by atoms with Gasteiger partial charge in [0.2, 0.25) is 5.91 Å². The lowest BCUT2D eigenvalue weighted by Crippen LogP contribution is -2.45. The van der Waals surface area contributed by atoms with Crippen LogP contribution in [-0.2, 0) is 11.3 Å². The molecular formula is C13H16N2O. The molecule has 3 rings (SSSR count). The number of hydrogen-bond acceptors (Lipinski definition) is 2. The Balaban J connectivity index is 2.06. The first-order valence-electron chi connectivity index (χ1n) is 5.86. The van der Waals surface area contributed by atoms with Crippen molar-refractivity contribution in [2.24, 2.45) is 0 Å². The van der Waals surface area contributed by atoms with Gasteiger partial charge >= 0.3 is 0 Å². The van der Waals surface area contributed by atoms with Crippen LogP contribution in [0, 0.1) is 0 Å². The smallest absolute Gasteiger partial charge is 0.223 e. The highest BCUT2D eigenvalue weighted by Crippen LogP contribution is 2.37. The minimum absolute atomic E-state index is 0.302. The van der Waals surface area contributed by atoms with E-state index in [1.807, 2.05) is 18.0 Å². The average Bonchev–Trinajstić information content (AvgIpc) is 2.68. The number of amides is 1. The maximum absolute atomic E-state index is 11.8. The second-order valence-corrected chi connectivity index (χ2v) is 4.59. The van der Waals surface area contributed by atoms with Crippen molar-refractivity contribution in [1.29, 1.82) is 0 Å². The first-order valence-corrected chi connectivity index (χ1v) is 5.86. The molecule has 0 spiro atoms. The van der Waals surface area contributed by atoms with Crippen molar-refractivity contribution in [3.63, 3.8) is 0 Å². The summed E-state index contributed by atoms with van der Waals surface area (Å²) in [6.07, 6.45) is 1.69. The van der Waals surface area contributed by atoms with Gasteiger partial charge in [-0.2, -0.15) is 0 Å². The average molecular weight is 216 g/mol. The minimum Gasteiger partial charge on any atom is -0.333 e. The molecule has 3 nitrogen and oxygen atoms in total. The quantitative estimate of drug-likeness (QED) is 0.770. The molecule has 2 aliphatic heterocycles. The van der Waals surface area contributed by atoms with Crippen molar-refractivity contribution in [1.82, 2.24) is 10.2 Å². The van der Waals surface area contributed by atoms with Gasteiger partial charge in [0.25, 0.3) is 0 Å². The molecule has 84 valence electrons. The number of likely N-dealkylation sites (N-methyl/N-ethyl adjacent to an activating group) is 1. The standard InChI is InChI=1S/C13H16N2O/c1-14-13-10-5-3-2-4-9(10)8-15-11(13)6-7-12(15)16/h2-5,11,13-14H,6-8H2,1H3/t11-,13+/m0/s1. The summed E-state index contributed by atoms with van der Waals surface area (Å²) in [6.45, 7) is 0.790. The molecule has 1 saturated heterocycles. The molecule has 0 saturated carbocycles. The van der Waals surface area contributed by atoms with Crippen molar-refractivity contribution in [3.8, 4) is 0 Å². The van der Waals surface area contributed by atoms with Crippen LogP contribution < -0.4 is 5.32 Å². The van der Waals surface area contributed by atoms with E-state index in [-0.39, 0.29) is 0 Å². The first kappa shape index (κ1) is 9.85. The zero-order valence-electron chi connectivity index (χ0n) is 9.44. The summed E-state index contributed by atoms with van der Waals surface area (Å²) in [6, 6.07) is 9.09. The molecule has 1 N–H and O–H groups in total. The van der Waals surface area contributed by atoms with Crippen molar-refractivity contribution >= 4 is 5.91 Å². The Morgan fingerprint density at radius 1 is 1.38 bits per heavy atom. The maximum Gasteiger partial charge on any atom is 0.223 e. The summed E-state index contributed by atoms with van der Waals surface area (Å²) in [5, 5.41) is 3.36. The summed E-state index contributed by atoms with van der Waals surface area (Å²) in [4.78, 5) is 13.8. The zero-order chi connectivity index (χ0) is 11.1. The van der Waals surface area contributed by atoms with Crippen LogP contribution in [0.5, 0.6) is 0 Å². The molecule has 1 aromatic rings. The van der Waals surface area contributed by atoms with Gasteiger partial charge in [-0.05, 0) is 24.6 Å². The Hall–Kier alpha value is -1.35. The number of fused-ring (bicyclic) bond motifs is 2.